The van der Waals surface area contributed by atoms with Crippen molar-refractivity contribution in [1.82, 2.24) is 9.55 Å². The lowest BCUT2D eigenvalue weighted by Crippen LogP contribution is -2.28. The SMILES string of the molecule is O=c1c(NCC2CCCC2O)nccn1C1CC1. The van der Waals surface area contributed by atoms with Crippen LogP contribution in [-0.2, 0) is 0 Å². The van der Waals surface area contributed by atoms with Crippen molar-refractivity contribution < 1.29 is 5.11 Å². The van der Waals surface area contributed by atoms with E-state index in [0.29, 0.717) is 18.4 Å². The highest BCUT2D eigenvalue weighted by Gasteiger charge is 2.27. The molecule has 1 aromatic heterocycles. The first kappa shape index (κ1) is 11.7. The number of aliphatic hydroxyl groups excluding tert-OH is 1. The molecule has 0 spiro atoms. The Balaban J connectivity index is 1.69. The number of hydrogen-bond donors (Lipinski definition) is 2. The van der Waals surface area contributed by atoms with Crippen molar-refractivity contribution in [2.24, 2.45) is 5.92 Å². The van der Waals surface area contributed by atoms with Gasteiger partial charge in [-0.3, -0.25) is 4.79 Å². The summed E-state index contributed by atoms with van der Waals surface area (Å²) in [5, 5.41) is 12.8. The van der Waals surface area contributed by atoms with Crippen molar-refractivity contribution in [3.05, 3.63) is 22.7 Å². The molecule has 0 amide bonds. The molecule has 2 fully saturated rings. The van der Waals surface area contributed by atoms with Gasteiger partial charge in [-0.25, -0.2) is 4.98 Å². The third-order valence-corrected chi connectivity index (χ3v) is 3.96. The highest BCUT2D eigenvalue weighted by atomic mass is 16.3. The maximum atomic E-state index is 12.1. The van der Waals surface area contributed by atoms with E-state index in [0.717, 1.165) is 32.1 Å². The van der Waals surface area contributed by atoms with E-state index in [9.17, 15) is 9.90 Å². The number of anilines is 1. The summed E-state index contributed by atoms with van der Waals surface area (Å²) in [4.78, 5) is 16.2. The van der Waals surface area contributed by atoms with Crippen molar-refractivity contribution >= 4 is 5.82 Å². The van der Waals surface area contributed by atoms with Gasteiger partial charge in [0.1, 0.15) is 0 Å². The Bertz CT molecular complexity index is 481. The lowest BCUT2D eigenvalue weighted by Gasteiger charge is -2.15. The van der Waals surface area contributed by atoms with Crippen LogP contribution in [0.4, 0.5) is 5.82 Å². The zero-order valence-electron chi connectivity index (χ0n) is 10.4. The lowest BCUT2D eigenvalue weighted by molar-refractivity contribution is 0.138. The molecule has 3 rings (SSSR count). The summed E-state index contributed by atoms with van der Waals surface area (Å²) in [6.07, 6.45) is 8.35. The van der Waals surface area contributed by atoms with Gasteiger partial charge < -0.3 is 15.0 Å². The van der Waals surface area contributed by atoms with Gasteiger partial charge in [0.05, 0.1) is 6.10 Å². The van der Waals surface area contributed by atoms with Gasteiger partial charge in [0.2, 0.25) is 0 Å². The van der Waals surface area contributed by atoms with Crippen LogP contribution in [0.2, 0.25) is 0 Å². The Hall–Kier alpha value is -1.36. The summed E-state index contributed by atoms with van der Waals surface area (Å²) in [6.45, 7) is 0.637. The van der Waals surface area contributed by atoms with Crippen LogP contribution in [0.1, 0.15) is 38.1 Å². The lowest BCUT2D eigenvalue weighted by atomic mass is 10.1. The summed E-state index contributed by atoms with van der Waals surface area (Å²) in [5.41, 5.74) is -0.0347. The van der Waals surface area contributed by atoms with Crippen LogP contribution in [0.15, 0.2) is 17.2 Å². The zero-order valence-corrected chi connectivity index (χ0v) is 10.4. The van der Waals surface area contributed by atoms with Crippen LogP contribution in [0.25, 0.3) is 0 Å². The van der Waals surface area contributed by atoms with Crippen molar-refractivity contribution in [3.63, 3.8) is 0 Å². The van der Waals surface area contributed by atoms with Gasteiger partial charge >= 0.3 is 0 Å². The second-order valence-electron chi connectivity index (χ2n) is 5.36. The largest absolute Gasteiger partial charge is 0.393 e. The zero-order chi connectivity index (χ0) is 12.5. The van der Waals surface area contributed by atoms with E-state index in [-0.39, 0.29) is 17.6 Å². The van der Waals surface area contributed by atoms with E-state index in [1.165, 1.54) is 0 Å². The van der Waals surface area contributed by atoms with Crippen LogP contribution in [0, 0.1) is 5.92 Å². The number of nitrogens with zero attached hydrogens (tertiary/aromatic N) is 2. The Kier molecular flexibility index (Phi) is 3.07. The highest BCUT2D eigenvalue weighted by molar-refractivity contribution is 5.31. The molecule has 2 N–H and O–H groups in total. The molecule has 1 aromatic rings. The molecule has 0 bridgehead atoms. The van der Waals surface area contributed by atoms with Gasteiger partial charge in [0.15, 0.2) is 5.82 Å². The van der Waals surface area contributed by atoms with E-state index >= 15 is 0 Å². The van der Waals surface area contributed by atoms with Crippen molar-refractivity contribution in [3.8, 4) is 0 Å². The van der Waals surface area contributed by atoms with Gasteiger partial charge in [-0.2, -0.15) is 0 Å². The summed E-state index contributed by atoms with van der Waals surface area (Å²) in [6, 6.07) is 0.373. The second kappa shape index (κ2) is 4.72. The average molecular weight is 249 g/mol. The van der Waals surface area contributed by atoms with Gasteiger partial charge in [0.25, 0.3) is 5.56 Å². The Morgan fingerprint density at radius 2 is 2.22 bits per heavy atom. The van der Waals surface area contributed by atoms with E-state index < -0.39 is 0 Å². The van der Waals surface area contributed by atoms with Crippen LogP contribution < -0.4 is 10.9 Å². The van der Waals surface area contributed by atoms with E-state index in [4.69, 9.17) is 0 Å². The summed E-state index contributed by atoms with van der Waals surface area (Å²) < 4.78 is 1.76. The van der Waals surface area contributed by atoms with Gasteiger partial charge in [0, 0.05) is 30.9 Å². The topological polar surface area (TPSA) is 67.2 Å². The normalized spacial score (nSPS) is 27.4. The average Bonchev–Trinajstić information content (AvgIpc) is 3.12. The van der Waals surface area contributed by atoms with Crippen molar-refractivity contribution in [2.45, 2.75) is 44.2 Å². The molecule has 5 heteroatoms. The Morgan fingerprint density at radius 3 is 2.89 bits per heavy atom. The molecule has 2 unspecified atom stereocenters. The Labute approximate surface area is 106 Å². The Morgan fingerprint density at radius 1 is 1.39 bits per heavy atom. The van der Waals surface area contributed by atoms with E-state index in [2.05, 4.69) is 10.3 Å². The molecular weight excluding hydrogens is 230 g/mol. The van der Waals surface area contributed by atoms with E-state index in [1.807, 2.05) is 0 Å². The minimum Gasteiger partial charge on any atom is -0.393 e. The maximum absolute atomic E-state index is 12.1. The van der Waals surface area contributed by atoms with Crippen LogP contribution in [-0.4, -0.2) is 27.3 Å². The van der Waals surface area contributed by atoms with Crippen LogP contribution >= 0.6 is 0 Å². The van der Waals surface area contributed by atoms with E-state index in [1.54, 1.807) is 17.0 Å². The molecule has 5 nitrogen and oxygen atoms in total. The molecule has 0 aromatic carbocycles. The monoisotopic (exact) mass is 249 g/mol. The molecule has 2 atom stereocenters. The third-order valence-electron chi connectivity index (χ3n) is 3.96. The molecule has 18 heavy (non-hydrogen) atoms. The number of aromatic nitrogens is 2. The van der Waals surface area contributed by atoms with Gasteiger partial charge in [-0.15, -0.1) is 0 Å². The maximum Gasteiger partial charge on any atom is 0.293 e. The summed E-state index contributed by atoms with van der Waals surface area (Å²) in [7, 11) is 0. The first-order chi connectivity index (χ1) is 8.75. The quantitative estimate of drug-likeness (QED) is 0.840. The third kappa shape index (κ3) is 2.27. The number of hydrogen-bond acceptors (Lipinski definition) is 4. The van der Waals surface area contributed by atoms with Gasteiger partial charge in [-0.1, -0.05) is 6.42 Å². The highest BCUT2D eigenvalue weighted by Crippen LogP contribution is 2.33. The number of nitrogens with one attached hydrogen (secondary N) is 1. The van der Waals surface area contributed by atoms with Gasteiger partial charge in [-0.05, 0) is 25.7 Å². The first-order valence-corrected chi connectivity index (χ1v) is 6.75. The molecule has 0 radical (unpaired) electrons. The molecule has 0 aliphatic heterocycles. The van der Waals surface area contributed by atoms with Crippen LogP contribution in [0.3, 0.4) is 0 Å². The fourth-order valence-corrected chi connectivity index (χ4v) is 2.67. The number of rotatable bonds is 4. The fourth-order valence-electron chi connectivity index (χ4n) is 2.67. The smallest absolute Gasteiger partial charge is 0.293 e. The summed E-state index contributed by atoms with van der Waals surface area (Å²) >= 11 is 0. The van der Waals surface area contributed by atoms with Crippen LogP contribution in [0.5, 0.6) is 0 Å². The minimum atomic E-state index is -0.230. The molecule has 0 saturated heterocycles. The van der Waals surface area contributed by atoms with Crippen molar-refractivity contribution in [1.29, 1.82) is 0 Å². The molecule has 1 heterocycles. The standard InChI is InChI=1S/C13H19N3O2/c17-11-3-1-2-9(11)8-15-12-13(18)16(7-6-14-12)10-4-5-10/h6-7,9-11,17H,1-5,8H2,(H,14,15). The first-order valence-electron chi connectivity index (χ1n) is 6.75. The molecule has 98 valence electrons. The molecule has 2 saturated carbocycles. The predicted octanol–water partition coefficient (Wildman–Crippen LogP) is 1.15. The predicted molar refractivity (Wildman–Crippen MR) is 68.6 cm³/mol. The summed E-state index contributed by atoms with van der Waals surface area (Å²) in [5.74, 6) is 0.671. The minimum absolute atomic E-state index is 0.0347. The molecule has 2 aliphatic carbocycles. The fraction of sp³-hybridized carbons (Fsp3) is 0.692. The molecule has 2 aliphatic rings. The van der Waals surface area contributed by atoms with Crippen molar-refractivity contribution in [2.75, 3.05) is 11.9 Å². The second-order valence-corrected chi connectivity index (χ2v) is 5.36. The number of aliphatic hydroxyl groups is 1. The molecular formula is C13H19N3O2.